The van der Waals surface area contributed by atoms with Crippen molar-refractivity contribution >= 4 is 0 Å². The molecule has 12 heavy (non-hydrogen) atoms. The first-order chi connectivity index (χ1) is 5.77. The maximum atomic E-state index is 4.37. The van der Waals surface area contributed by atoms with Crippen molar-refractivity contribution in [2.75, 3.05) is 0 Å². The van der Waals surface area contributed by atoms with Gasteiger partial charge >= 0.3 is 0 Å². The molecule has 0 bridgehead atoms. The molecule has 0 saturated carbocycles. The lowest BCUT2D eigenvalue weighted by Gasteiger charge is -2.17. The summed E-state index contributed by atoms with van der Waals surface area (Å²) in [6, 6.07) is 4.20. The average Bonchev–Trinajstić information content (AvgIpc) is 2.07. The fourth-order valence-corrected chi connectivity index (χ4v) is 1.63. The second-order valence-electron chi connectivity index (χ2n) is 3.52. The van der Waals surface area contributed by atoms with Crippen molar-refractivity contribution in [3.05, 3.63) is 40.7 Å². The van der Waals surface area contributed by atoms with Crippen molar-refractivity contribution in [2.24, 2.45) is 0 Å². The molecule has 2 rings (SSSR count). The van der Waals surface area contributed by atoms with Gasteiger partial charge in [-0.05, 0) is 31.9 Å². The molecule has 1 nitrogen and oxygen atoms in total. The van der Waals surface area contributed by atoms with Crippen molar-refractivity contribution in [3.8, 4) is 0 Å². The van der Waals surface area contributed by atoms with Gasteiger partial charge in [-0.15, -0.1) is 0 Å². The van der Waals surface area contributed by atoms with E-state index in [4.69, 9.17) is 0 Å². The summed E-state index contributed by atoms with van der Waals surface area (Å²) in [6.07, 6.45) is 4.02. The third-order valence-corrected chi connectivity index (χ3v) is 2.60. The SMILES string of the molecule is CC1=C(C)Cc2ncccc2C1. The summed E-state index contributed by atoms with van der Waals surface area (Å²) in [5.41, 5.74) is 5.66. The lowest BCUT2D eigenvalue weighted by molar-refractivity contribution is 0.905. The van der Waals surface area contributed by atoms with Crippen molar-refractivity contribution in [1.82, 2.24) is 4.98 Å². The zero-order valence-electron chi connectivity index (χ0n) is 7.59. The van der Waals surface area contributed by atoms with Gasteiger partial charge in [0.05, 0.1) is 0 Å². The van der Waals surface area contributed by atoms with Crippen LogP contribution in [0, 0.1) is 0 Å². The van der Waals surface area contributed by atoms with E-state index in [1.165, 1.54) is 22.4 Å². The number of hydrogen-bond donors (Lipinski definition) is 0. The number of rotatable bonds is 0. The van der Waals surface area contributed by atoms with E-state index in [9.17, 15) is 0 Å². The molecule has 1 aliphatic rings. The standard InChI is InChI=1S/C11H13N/c1-8-6-10-4-3-5-12-11(10)7-9(8)2/h3-5H,6-7H2,1-2H3. The Morgan fingerprint density at radius 3 is 2.75 bits per heavy atom. The van der Waals surface area contributed by atoms with E-state index in [0.717, 1.165) is 12.8 Å². The van der Waals surface area contributed by atoms with Crippen LogP contribution >= 0.6 is 0 Å². The Morgan fingerprint density at radius 2 is 1.92 bits per heavy atom. The molecule has 1 aliphatic carbocycles. The molecular weight excluding hydrogens is 146 g/mol. The summed E-state index contributed by atoms with van der Waals surface area (Å²) in [5, 5.41) is 0. The van der Waals surface area contributed by atoms with Crippen LogP contribution in [-0.4, -0.2) is 4.98 Å². The first-order valence-electron chi connectivity index (χ1n) is 4.35. The van der Waals surface area contributed by atoms with Gasteiger partial charge in [0, 0.05) is 18.3 Å². The van der Waals surface area contributed by atoms with Crippen LogP contribution in [0.4, 0.5) is 0 Å². The predicted molar refractivity (Wildman–Crippen MR) is 50.0 cm³/mol. The lowest BCUT2D eigenvalue weighted by Crippen LogP contribution is -2.06. The Balaban J connectivity index is 2.43. The molecule has 1 heteroatoms. The maximum Gasteiger partial charge on any atom is 0.0479 e. The van der Waals surface area contributed by atoms with Crippen LogP contribution in [0.3, 0.4) is 0 Å². The van der Waals surface area contributed by atoms with Crippen LogP contribution in [0.15, 0.2) is 29.5 Å². The highest BCUT2D eigenvalue weighted by molar-refractivity contribution is 5.34. The van der Waals surface area contributed by atoms with Crippen LogP contribution in [0.25, 0.3) is 0 Å². The molecule has 0 fully saturated rings. The fraction of sp³-hybridized carbons (Fsp3) is 0.364. The van der Waals surface area contributed by atoms with Gasteiger partial charge in [-0.2, -0.15) is 0 Å². The molecule has 0 unspecified atom stereocenters. The van der Waals surface area contributed by atoms with E-state index >= 15 is 0 Å². The number of hydrogen-bond acceptors (Lipinski definition) is 1. The van der Waals surface area contributed by atoms with Gasteiger partial charge in [-0.25, -0.2) is 0 Å². The minimum absolute atomic E-state index is 1.04. The summed E-state index contributed by atoms with van der Waals surface area (Å²) in [7, 11) is 0. The minimum atomic E-state index is 1.04. The lowest BCUT2D eigenvalue weighted by atomic mass is 9.91. The second kappa shape index (κ2) is 2.74. The van der Waals surface area contributed by atoms with Crippen LogP contribution in [0.1, 0.15) is 25.1 Å². The number of nitrogens with zero attached hydrogens (tertiary/aromatic N) is 1. The number of aromatic nitrogens is 1. The number of fused-ring (bicyclic) bond motifs is 1. The molecule has 0 aromatic carbocycles. The van der Waals surface area contributed by atoms with E-state index in [0.29, 0.717) is 0 Å². The fourth-order valence-electron chi connectivity index (χ4n) is 1.63. The van der Waals surface area contributed by atoms with Crippen molar-refractivity contribution in [2.45, 2.75) is 26.7 Å². The molecule has 1 aromatic rings. The van der Waals surface area contributed by atoms with Gasteiger partial charge < -0.3 is 0 Å². The summed E-state index contributed by atoms with van der Waals surface area (Å²) in [5.74, 6) is 0. The van der Waals surface area contributed by atoms with Gasteiger partial charge in [0.2, 0.25) is 0 Å². The smallest absolute Gasteiger partial charge is 0.0479 e. The van der Waals surface area contributed by atoms with Crippen LogP contribution < -0.4 is 0 Å². The van der Waals surface area contributed by atoms with E-state index in [1.54, 1.807) is 0 Å². The highest BCUT2D eigenvalue weighted by atomic mass is 14.7. The molecule has 0 saturated heterocycles. The highest BCUT2D eigenvalue weighted by Gasteiger charge is 2.12. The van der Waals surface area contributed by atoms with Gasteiger partial charge in [0.25, 0.3) is 0 Å². The second-order valence-corrected chi connectivity index (χ2v) is 3.52. The maximum absolute atomic E-state index is 4.37. The third kappa shape index (κ3) is 1.15. The molecule has 0 spiro atoms. The molecule has 0 aliphatic heterocycles. The molecule has 0 amide bonds. The van der Waals surface area contributed by atoms with E-state index < -0.39 is 0 Å². The summed E-state index contributed by atoms with van der Waals surface area (Å²) in [4.78, 5) is 4.37. The largest absolute Gasteiger partial charge is 0.261 e. The van der Waals surface area contributed by atoms with Crippen LogP contribution in [0.5, 0.6) is 0 Å². The molecule has 62 valence electrons. The summed E-state index contributed by atoms with van der Waals surface area (Å²) >= 11 is 0. The Kier molecular flexibility index (Phi) is 1.72. The molecule has 1 heterocycles. The van der Waals surface area contributed by atoms with Gasteiger partial charge in [-0.1, -0.05) is 17.2 Å². The Hall–Kier alpha value is -1.11. The van der Waals surface area contributed by atoms with E-state index in [-0.39, 0.29) is 0 Å². The molecule has 1 aromatic heterocycles. The molecule has 0 radical (unpaired) electrons. The summed E-state index contributed by atoms with van der Waals surface area (Å²) < 4.78 is 0. The topological polar surface area (TPSA) is 12.9 Å². The normalized spacial score (nSPS) is 16.2. The Morgan fingerprint density at radius 1 is 1.17 bits per heavy atom. The molecule has 0 N–H and O–H groups in total. The van der Waals surface area contributed by atoms with Crippen LogP contribution in [0.2, 0.25) is 0 Å². The Bertz CT molecular complexity index is 304. The third-order valence-electron chi connectivity index (χ3n) is 2.60. The zero-order chi connectivity index (χ0) is 8.55. The highest BCUT2D eigenvalue weighted by Crippen LogP contribution is 2.23. The zero-order valence-corrected chi connectivity index (χ0v) is 7.59. The number of pyridine rings is 1. The molecule has 0 atom stereocenters. The monoisotopic (exact) mass is 159 g/mol. The summed E-state index contributed by atoms with van der Waals surface area (Å²) in [6.45, 7) is 4.41. The van der Waals surface area contributed by atoms with Crippen LogP contribution in [-0.2, 0) is 12.8 Å². The van der Waals surface area contributed by atoms with Crippen molar-refractivity contribution in [1.29, 1.82) is 0 Å². The Labute approximate surface area is 73.1 Å². The average molecular weight is 159 g/mol. The quantitative estimate of drug-likeness (QED) is 0.530. The first kappa shape index (κ1) is 7.53. The van der Waals surface area contributed by atoms with Crippen molar-refractivity contribution < 1.29 is 0 Å². The van der Waals surface area contributed by atoms with Crippen molar-refractivity contribution in [3.63, 3.8) is 0 Å². The van der Waals surface area contributed by atoms with Gasteiger partial charge in [-0.3, -0.25) is 4.98 Å². The van der Waals surface area contributed by atoms with E-state index in [1.807, 2.05) is 12.3 Å². The van der Waals surface area contributed by atoms with Gasteiger partial charge in [0.1, 0.15) is 0 Å². The first-order valence-corrected chi connectivity index (χ1v) is 4.35. The number of allylic oxidation sites excluding steroid dienone is 2. The van der Waals surface area contributed by atoms with E-state index in [2.05, 4.69) is 24.9 Å². The molecular formula is C11H13N. The van der Waals surface area contributed by atoms with Gasteiger partial charge in [0.15, 0.2) is 0 Å². The minimum Gasteiger partial charge on any atom is -0.261 e. The predicted octanol–water partition coefficient (Wildman–Crippen LogP) is 2.52.